The summed E-state index contributed by atoms with van der Waals surface area (Å²) < 4.78 is 11.8. The molecule has 2 heterocycles. The van der Waals surface area contributed by atoms with Crippen molar-refractivity contribution in [2.45, 2.75) is 51.9 Å². The maximum absolute atomic E-state index is 14.6. The van der Waals surface area contributed by atoms with E-state index in [4.69, 9.17) is 37.7 Å². The van der Waals surface area contributed by atoms with Crippen LogP contribution < -0.4 is 9.47 Å². The van der Waals surface area contributed by atoms with Crippen LogP contribution in [0.4, 0.5) is 4.79 Å². The first-order valence-corrected chi connectivity index (χ1v) is 15.2. The van der Waals surface area contributed by atoms with Crippen molar-refractivity contribution in [3.8, 4) is 11.5 Å². The number of benzene rings is 3. The number of carbonyl (C=O) groups is 1. The van der Waals surface area contributed by atoms with E-state index in [1.165, 1.54) is 0 Å². The molecule has 0 saturated carbocycles. The molecule has 0 aromatic heterocycles. The number of aliphatic imine (C=N–C) groups is 1. The van der Waals surface area contributed by atoms with Crippen molar-refractivity contribution in [2.24, 2.45) is 4.99 Å². The van der Waals surface area contributed by atoms with Gasteiger partial charge in [0.05, 0.1) is 24.8 Å². The molecule has 2 amide bonds. The van der Waals surface area contributed by atoms with Crippen molar-refractivity contribution in [1.82, 2.24) is 14.7 Å². The summed E-state index contributed by atoms with van der Waals surface area (Å²) in [5.74, 6) is 1.83. The quantitative estimate of drug-likeness (QED) is 0.279. The van der Waals surface area contributed by atoms with E-state index < -0.39 is 6.04 Å². The molecule has 0 radical (unpaired) electrons. The van der Waals surface area contributed by atoms with Gasteiger partial charge in [0.25, 0.3) is 0 Å². The Morgan fingerprint density at radius 1 is 0.857 bits per heavy atom. The van der Waals surface area contributed by atoms with Crippen LogP contribution in [0.1, 0.15) is 56.5 Å². The molecule has 7 nitrogen and oxygen atoms in total. The van der Waals surface area contributed by atoms with Crippen molar-refractivity contribution >= 4 is 35.1 Å². The summed E-state index contributed by atoms with van der Waals surface area (Å²) in [6.45, 7) is 11.2. The molecule has 3 aromatic rings. The Hall–Kier alpha value is -3.26. The topological polar surface area (TPSA) is 57.6 Å². The van der Waals surface area contributed by atoms with E-state index in [1.807, 2.05) is 90.4 Å². The largest absolute Gasteiger partial charge is 0.497 e. The fourth-order valence-corrected chi connectivity index (χ4v) is 5.85. The second-order valence-electron chi connectivity index (χ2n) is 11.2. The smallest absolute Gasteiger partial charge is 0.326 e. The highest BCUT2D eigenvalue weighted by molar-refractivity contribution is 6.30. The Kier molecular flexibility index (Phi) is 9.31. The van der Waals surface area contributed by atoms with Gasteiger partial charge in [-0.25, -0.2) is 4.79 Å². The molecule has 5 rings (SSSR count). The molecule has 1 fully saturated rings. The zero-order valence-corrected chi connectivity index (χ0v) is 26.3. The lowest BCUT2D eigenvalue weighted by atomic mass is 9.93. The Bertz CT molecular complexity index is 1420. The van der Waals surface area contributed by atoms with Gasteiger partial charge in [-0.05, 0) is 75.2 Å². The molecule has 0 aliphatic carbocycles. The molecule has 0 N–H and O–H groups in total. The number of nitrogens with zero attached hydrogens (tertiary/aromatic N) is 4. The number of hydrogen-bond donors (Lipinski definition) is 0. The van der Waals surface area contributed by atoms with E-state index in [2.05, 4.69) is 18.7 Å². The van der Waals surface area contributed by atoms with Gasteiger partial charge in [0.2, 0.25) is 0 Å². The number of amides is 2. The highest BCUT2D eigenvalue weighted by Gasteiger charge is 2.45. The third-order valence-corrected chi connectivity index (χ3v) is 8.31. The van der Waals surface area contributed by atoms with E-state index in [1.54, 1.807) is 7.11 Å². The average Bonchev–Trinajstić information content (AvgIpc) is 3.37. The lowest BCUT2D eigenvalue weighted by Crippen LogP contribution is -2.55. The monoisotopic (exact) mass is 608 g/mol. The first-order valence-electron chi connectivity index (χ1n) is 14.4. The van der Waals surface area contributed by atoms with Crippen LogP contribution in [-0.2, 0) is 0 Å². The predicted molar refractivity (Wildman–Crippen MR) is 169 cm³/mol. The Morgan fingerprint density at radius 2 is 1.45 bits per heavy atom. The van der Waals surface area contributed by atoms with Crippen LogP contribution >= 0.6 is 23.2 Å². The summed E-state index contributed by atoms with van der Waals surface area (Å²) in [6.07, 6.45) is -0.0924. The van der Waals surface area contributed by atoms with E-state index in [0.29, 0.717) is 46.5 Å². The van der Waals surface area contributed by atoms with Crippen LogP contribution in [0.5, 0.6) is 11.5 Å². The number of urea groups is 1. The predicted octanol–water partition coefficient (Wildman–Crippen LogP) is 7.48. The molecule has 222 valence electrons. The van der Waals surface area contributed by atoms with Crippen LogP contribution in [0.3, 0.4) is 0 Å². The number of amidine groups is 1. The molecule has 3 aromatic carbocycles. The van der Waals surface area contributed by atoms with E-state index in [0.717, 1.165) is 29.8 Å². The number of halogens is 2. The molecule has 2 atom stereocenters. The highest BCUT2D eigenvalue weighted by Crippen LogP contribution is 2.46. The molecule has 1 saturated heterocycles. The summed E-state index contributed by atoms with van der Waals surface area (Å²) in [6, 6.07) is 20.6. The summed E-state index contributed by atoms with van der Waals surface area (Å²) in [7, 11) is 1.63. The number of hydrogen-bond acceptors (Lipinski definition) is 5. The van der Waals surface area contributed by atoms with Gasteiger partial charge in [-0.1, -0.05) is 47.5 Å². The SMILES string of the molecule is COc1ccc(C2=N[C@@H](c3ccc(Cl)cc3)[C@@H](c3ccc(Cl)cc3)N2C(=O)N2CCN(C(C)C)CC2)c(OC(C)C)c1. The first kappa shape index (κ1) is 30.2. The maximum atomic E-state index is 14.6. The molecule has 2 aliphatic heterocycles. The van der Waals surface area contributed by atoms with Gasteiger partial charge in [-0.2, -0.15) is 0 Å². The zero-order chi connectivity index (χ0) is 30.0. The van der Waals surface area contributed by atoms with Gasteiger partial charge in [0.15, 0.2) is 0 Å². The normalized spacial score (nSPS) is 19.4. The molecule has 0 spiro atoms. The van der Waals surface area contributed by atoms with Crippen LogP contribution in [0, 0.1) is 0 Å². The zero-order valence-electron chi connectivity index (χ0n) is 24.8. The Morgan fingerprint density at radius 3 is 2.00 bits per heavy atom. The molecule has 42 heavy (non-hydrogen) atoms. The van der Waals surface area contributed by atoms with Crippen LogP contribution in [0.15, 0.2) is 71.7 Å². The lowest BCUT2D eigenvalue weighted by Gasteiger charge is -2.40. The molecule has 9 heteroatoms. The fourth-order valence-electron chi connectivity index (χ4n) is 5.60. The minimum Gasteiger partial charge on any atom is -0.497 e. The third kappa shape index (κ3) is 6.38. The van der Waals surface area contributed by atoms with Gasteiger partial charge in [0, 0.05) is 48.3 Å². The standard InChI is InChI=1S/C33H38Cl2N4O3/c1-21(2)37-16-18-38(19-17-37)33(40)39-31(24-8-12-26(35)13-9-24)30(23-6-10-25(34)11-7-23)36-32(39)28-15-14-27(41-5)20-29(28)42-22(3)4/h6-15,20-22,30-31H,16-19H2,1-5H3/t30-,31+/m0/s1. The fraction of sp³-hybridized carbons (Fsp3) is 0.394. The van der Waals surface area contributed by atoms with Crippen LogP contribution in [0.25, 0.3) is 0 Å². The maximum Gasteiger partial charge on any atom is 0.326 e. The molecular formula is C33H38Cl2N4O3. The Labute approximate surface area is 258 Å². The van der Waals surface area contributed by atoms with Crippen LogP contribution in [0.2, 0.25) is 10.0 Å². The highest BCUT2D eigenvalue weighted by atomic mass is 35.5. The van der Waals surface area contributed by atoms with E-state index in [-0.39, 0.29) is 18.2 Å². The minimum absolute atomic E-state index is 0.0834. The molecule has 0 unspecified atom stereocenters. The van der Waals surface area contributed by atoms with Gasteiger partial charge in [-0.15, -0.1) is 0 Å². The Balaban J connectivity index is 1.66. The van der Waals surface area contributed by atoms with Gasteiger partial charge in [0.1, 0.15) is 23.4 Å². The van der Waals surface area contributed by atoms with E-state index >= 15 is 0 Å². The minimum atomic E-state index is -0.414. The van der Waals surface area contributed by atoms with E-state index in [9.17, 15) is 4.79 Å². The number of carbonyl (C=O) groups excluding carboxylic acids is 1. The molecule has 2 aliphatic rings. The summed E-state index contributed by atoms with van der Waals surface area (Å²) >= 11 is 12.6. The van der Waals surface area contributed by atoms with Gasteiger partial charge >= 0.3 is 6.03 Å². The van der Waals surface area contributed by atoms with Crippen molar-refractivity contribution in [2.75, 3.05) is 33.3 Å². The molecular weight excluding hydrogens is 571 g/mol. The summed E-state index contributed by atoms with van der Waals surface area (Å²) in [5, 5.41) is 1.27. The number of rotatable bonds is 7. The first-order chi connectivity index (χ1) is 20.2. The summed E-state index contributed by atoms with van der Waals surface area (Å²) in [4.78, 5) is 26.1. The second-order valence-corrected chi connectivity index (χ2v) is 12.1. The number of methoxy groups -OCH3 is 1. The molecule has 0 bridgehead atoms. The van der Waals surface area contributed by atoms with Crippen molar-refractivity contribution < 1.29 is 14.3 Å². The van der Waals surface area contributed by atoms with Crippen molar-refractivity contribution in [3.63, 3.8) is 0 Å². The number of ether oxygens (including phenoxy) is 2. The van der Waals surface area contributed by atoms with Crippen LogP contribution in [-0.4, -0.2) is 72.0 Å². The van der Waals surface area contributed by atoms with Gasteiger partial charge in [-0.3, -0.25) is 14.8 Å². The lowest BCUT2D eigenvalue weighted by molar-refractivity contribution is 0.104. The van der Waals surface area contributed by atoms with Crippen molar-refractivity contribution in [1.29, 1.82) is 0 Å². The van der Waals surface area contributed by atoms with Gasteiger partial charge < -0.3 is 14.4 Å². The average molecular weight is 610 g/mol. The van der Waals surface area contributed by atoms with Crippen molar-refractivity contribution in [3.05, 3.63) is 93.5 Å². The number of piperazine rings is 1. The summed E-state index contributed by atoms with van der Waals surface area (Å²) in [5.41, 5.74) is 2.62. The third-order valence-electron chi connectivity index (χ3n) is 7.80. The second kappa shape index (κ2) is 12.9.